The number of rotatable bonds is 3. The van der Waals surface area contributed by atoms with E-state index in [-0.39, 0.29) is 11.8 Å². The van der Waals surface area contributed by atoms with Gasteiger partial charge in [-0.3, -0.25) is 14.2 Å². The maximum atomic E-state index is 12.4. The summed E-state index contributed by atoms with van der Waals surface area (Å²) in [4.78, 5) is 12.4. The zero-order chi connectivity index (χ0) is 13.4. The number of ketones is 1. The van der Waals surface area contributed by atoms with Gasteiger partial charge < -0.3 is 0 Å². The molecule has 5 nitrogen and oxygen atoms in total. The molecule has 0 aromatic carbocycles. The Morgan fingerprint density at radius 3 is 2.61 bits per heavy atom. The molecule has 0 aliphatic rings. The minimum atomic E-state index is -0.199. The Hall–Kier alpha value is -1.62. The second kappa shape index (κ2) is 4.57. The lowest BCUT2D eigenvalue weighted by atomic mass is 10.2. The summed E-state index contributed by atoms with van der Waals surface area (Å²) in [5.74, 6) is -0.199. The van der Waals surface area contributed by atoms with Gasteiger partial charge >= 0.3 is 0 Å². The fourth-order valence-corrected chi connectivity index (χ4v) is 1.95. The average Bonchev–Trinajstić information content (AvgIpc) is 2.83. The van der Waals surface area contributed by atoms with Gasteiger partial charge in [0.15, 0.2) is 0 Å². The third-order valence-electron chi connectivity index (χ3n) is 2.80. The van der Waals surface area contributed by atoms with E-state index in [0.29, 0.717) is 16.4 Å². The molecule has 0 atom stereocenters. The first-order valence-electron chi connectivity index (χ1n) is 5.70. The highest BCUT2D eigenvalue weighted by Gasteiger charge is 2.22. The average molecular weight is 267 g/mol. The molecule has 18 heavy (non-hydrogen) atoms. The summed E-state index contributed by atoms with van der Waals surface area (Å²) < 4.78 is 3.28. The van der Waals surface area contributed by atoms with Crippen molar-refractivity contribution in [2.75, 3.05) is 0 Å². The lowest BCUT2D eigenvalue weighted by Crippen LogP contribution is -2.14. The lowest BCUT2D eigenvalue weighted by Gasteiger charge is -2.09. The van der Waals surface area contributed by atoms with Gasteiger partial charge in [-0.25, -0.2) is 0 Å². The molecule has 0 aliphatic heterocycles. The molecule has 2 heterocycles. The van der Waals surface area contributed by atoms with Gasteiger partial charge in [0, 0.05) is 18.8 Å². The number of aryl methyl sites for hydroxylation is 2. The molecule has 0 N–H and O–H groups in total. The number of aromatic nitrogens is 4. The summed E-state index contributed by atoms with van der Waals surface area (Å²) in [5, 5.41) is 8.65. The van der Waals surface area contributed by atoms with Crippen LogP contribution in [-0.2, 0) is 7.05 Å². The largest absolute Gasteiger partial charge is 0.285 e. The molecular formula is C12H15ClN4O. The van der Waals surface area contributed by atoms with Crippen molar-refractivity contribution in [3.63, 3.8) is 0 Å². The predicted octanol–water partition coefficient (Wildman–Crippen LogP) is 2.39. The summed E-state index contributed by atoms with van der Waals surface area (Å²) in [6.45, 7) is 5.79. The lowest BCUT2D eigenvalue weighted by molar-refractivity contribution is 0.102. The maximum Gasteiger partial charge on any atom is 0.232 e. The topological polar surface area (TPSA) is 52.7 Å². The van der Waals surface area contributed by atoms with Crippen LogP contribution in [0.25, 0.3) is 0 Å². The first-order valence-corrected chi connectivity index (χ1v) is 6.08. The van der Waals surface area contributed by atoms with Crippen LogP contribution in [0, 0.1) is 6.92 Å². The molecule has 0 aliphatic carbocycles. The third kappa shape index (κ3) is 2.06. The Morgan fingerprint density at radius 1 is 1.44 bits per heavy atom. The van der Waals surface area contributed by atoms with Crippen LogP contribution < -0.4 is 0 Å². The van der Waals surface area contributed by atoms with Gasteiger partial charge in [-0.15, -0.1) is 0 Å². The minimum Gasteiger partial charge on any atom is -0.285 e. The van der Waals surface area contributed by atoms with E-state index in [0.717, 1.165) is 5.69 Å². The summed E-state index contributed by atoms with van der Waals surface area (Å²) in [6.07, 6.45) is 1.49. The minimum absolute atomic E-state index is 0.0706. The van der Waals surface area contributed by atoms with Crippen molar-refractivity contribution in [2.45, 2.75) is 26.8 Å². The van der Waals surface area contributed by atoms with E-state index in [1.54, 1.807) is 22.5 Å². The van der Waals surface area contributed by atoms with E-state index in [4.69, 9.17) is 11.6 Å². The van der Waals surface area contributed by atoms with Crippen molar-refractivity contribution in [3.8, 4) is 0 Å². The number of carbonyl (C=O) groups is 1. The van der Waals surface area contributed by atoms with Crippen molar-refractivity contribution in [1.29, 1.82) is 0 Å². The molecule has 0 saturated heterocycles. The van der Waals surface area contributed by atoms with Crippen LogP contribution in [0.5, 0.6) is 0 Å². The van der Waals surface area contributed by atoms with Gasteiger partial charge in [0.1, 0.15) is 11.4 Å². The fourth-order valence-electron chi connectivity index (χ4n) is 1.74. The molecule has 6 heteroatoms. The Kier molecular flexibility index (Phi) is 3.26. The standard InChI is InChI=1S/C12H15ClN4O/c1-7(2)17-11(9(13)6-14-17)12(18)10-5-8(3)16(4)15-10/h5-7H,1-4H3. The summed E-state index contributed by atoms with van der Waals surface area (Å²) in [5.41, 5.74) is 1.70. The molecular weight excluding hydrogens is 252 g/mol. The predicted molar refractivity (Wildman–Crippen MR) is 69.0 cm³/mol. The monoisotopic (exact) mass is 266 g/mol. The van der Waals surface area contributed by atoms with Crippen LogP contribution in [0.3, 0.4) is 0 Å². The second-order valence-electron chi connectivity index (χ2n) is 4.50. The summed E-state index contributed by atoms with van der Waals surface area (Å²) >= 11 is 6.04. The van der Waals surface area contributed by atoms with Gasteiger partial charge in [0.05, 0.1) is 11.2 Å². The normalized spacial score (nSPS) is 11.2. The van der Waals surface area contributed by atoms with Crippen molar-refractivity contribution in [3.05, 3.63) is 34.4 Å². The van der Waals surface area contributed by atoms with Gasteiger partial charge in [0.2, 0.25) is 5.78 Å². The molecule has 2 aromatic rings. The van der Waals surface area contributed by atoms with Crippen LogP contribution in [0.2, 0.25) is 5.02 Å². The highest BCUT2D eigenvalue weighted by Crippen LogP contribution is 2.22. The van der Waals surface area contributed by atoms with E-state index in [2.05, 4.69) is 10.2 Å². The molecule has 0 saturated carbocycles. The van der Waals surface area contributed by atoms with Gasteiger partial charge in [-0.1, -0.05) is 11.6 Å². The fraction of sp³-hybridized carbons (Fsp3) is 0.417. The van der Waals surface area contributed by atoms with E-state index < -0.39 is 0 Å². The van der Waals surface area contributed by atoms with Crippen LogP contribution in [0.1, 0.15) is 41.8 Å². The van der Waals surface area contributed by atoms with Gasteiger partial charge in [-0.2, -0.15) is 10.2 Å². The maximum absolute atomic E-state index is 12.4. The number of hydrogen-bond donors (Lipinski definition) is 0. The smallest absolute Gasteiger partial charge is 0.232 e. The van der Waals surface area contributed by atoms with Gasteiger partial charge in [0.25, 0.3) is 0 Å². The number of hydrogen-bond acceptors (Lipinski definition) is 3. The van der Waals surface area contributed by atoms with Crippen LogP contribution in [0.15, 0.2) is 12.3 Å². The van der Waals surface area contributed by atoms with Crippen LogP contribution >= 0.6 is 11.6 Å². The number of halogens is 1. The molecule has 2 rings (SSSR count). The molecule has 96 valence electrons. The van der Waals surface area contributed by atoms with Crippen molar-refractivity contribution >= 4 is 17.4 Å². The molecule has 0 fully saturated rings. The summed E-state index contributed by atoms with van der Waals surface area (Å²) in [6, 6.07) is 1.82. The van der Waals surface area contributed by atoms with Crippen molar-refractivity contribution in [2.24, 2.45) is 7.05 Å². The van der Waals surface area contributed by atoms with Crippen LogP contribution in [-0.4, -0.2) is 25.3 Å². The van der Waals surface area contributed by atoms with Crippen molar-refractivity contribution < 1.29 is 4.79 Å². The SMILES string of the molecule is Cc1cc(C(=O)c2c(Cl)cnn2C(C)C)nn1C. The van der Waals surface area contributed by atoms with E-state index >= 15 is 0 Å². The zero-order valence-corrected chi connectivity index (χ0v) is 11.6. The van der Waals surface area contributed by atoms with E-state index in [9.17, 15) is 4.79 Å². The molecule has 0 spiro atoms. The number of carbonyl (C=O) groups excluding carboxylic acids is 1. The Morgan fingerprint density at radius 2 is 2.11 bits per heavy atom. The zero-order valence-electron chi connectivity index (χ0n) is 10.8. The molecule has 0 unspecified atom stereocenters. The second-order valence-corrected chi connectivity index (χ2v) is 4.91. The molecule has 2 aromatic heterocycles. The van der Waals surface area contributed by atoms with Crippen LogP contribution in [0.4, 0.5) is 0 Å². The number of nitrogens with zero attached hydrogens (tertiary/aromatic N) is 4. The highest BCUT2D eigenvalue weighted by atomic mass is 35.5. The summed E-state index contributed by atoms with van der Waals surface area (Å²) in [7, 11) is 1.80. The molecule has 0 amide bonds. The Labute approximate surface area is 110 Å². The highest BCUT2D eigenvalue weighted by molar-refractivity contribution is 6.34. The van der Waals surface area contributed by atoms with E-state index in [1.165, 1.54) is 6.20 Å². The first kappa shape index (κ1) is 12.8. The Balaban J connectivity index is 2.49. The quantitative estimate of drug-likeness (QED) is 0.802. The third-order valence-corrected chi connectivity index (χ3v) is 3.08. The Bertz CT molecular complexity index is 578. The van der Waals surface area contributed by atoms with Gasteiger partial charge in [-0.05, 0) is 26.8 Å². The molecule has 0 bridgehead atoms. The van der Waals surface area contributed by atoms with E-state index in [1.807, 2.05) is 20.8 Å². The molecule has 0 radical (unpaired) electrons. The first-order chi connectivity index (χ1) is 8.41. The van der Waals surface area contributed by atoms with Crippen molar-refractivity contribution in [1.82, 2.24) is 19.6 Å².